The van der Waals surface area contributed by atoms with Crippen molar-refractivity contribution in [3.05, 3.63) is 28.5 Å². The Morgan fingerprint density at radius 2 is 2.29 bits per heavy atom. The van der Waals surface area contributed by atoms with Gasteiger partial charge in [0, 0.05) is 23.0 Å². The Hall–Kier alpha value is -0.550. The van der Waals surface area contributed by atoms with E-state index in [1.165, 1.54) is 0 Å². The highest BCUT2D eigenvalue weighted by Crippen LogP contribution is 2.43. The molecule has 17 heavy (non-hydrogen) atoms. The smallest absolute Gasteiger partial charge is 0.232 e. The van der Waals surface area contributed by atoms with Crippen molar-refractivity contribution in [3.63, 3.8) is 0 Å². The minimum atomic E-state index is -0.399. The number of rotatable bonds is 4. The first-order chi connectivity index (χ1) is 8.19. The zero-order valence-corrected chi connectivity index (χ0v) is 11.9. The van der Waals surface area contributed by atoms with E-state index in [1.807, 2.05) is 12.1 Å². The third-order valence-corrected chi connectivity index (χ3v) is 3.95. The molecule has 0 saturated heterocycles. The summed E-state index contributed by atoms with van der Waals surface area (Å²) in [6.45, 7) is 0.611. The Balaban J connectivity index is 2.19. The van der Waals surface area contributed by atoms with Gasteiger partial charge in [0.05, 0.1) is 11.1 Å². The first kappa shape index (κ1) is 12.9. The molecular weight excluding hydrogens is 300 g/mol. The van der Waals surface area contributed by atoms with Crippen molar-refractivity contribution in [1.82, 2.24) is 10.3 Å². The molecule has 1 heterocycles. The van der Waals surface area contributed by atoms with Crippen LogP contribution in [0.25, 0.3) is 0 Å². The van der Waals surface area contributed by atoms with Crippen molar-refractivity contribution < 1.29 is 4.79 Å². The summed E-state index contributed by atoms with van der Waals surface area (Å²) < 4.78 is 0.937. The molecule has 0 unspecified atom stereocenters. The van der Waals surface area contributed by atoms with Crippen molar-refractivity contribution in [2.24, 2.45) is 0 Å². The van der Waals surface area contributed by atoms with Crippen LogP contribution in [0.5, 0.6) is 0 Å². The number of amides is 1. The van der Waals surface area contributed by atoms with Gasteiger partial charge in [0.2, 0.25) is 5.91 Å². The number of nitrogens with one attached hydrogen (secondary N) is 1. The Morgan fingerprint density at radius 3 is 2.76 bits per heavy atom. The molecule has 1 amide bonds. The Bertz CT molecular complexity index is 403. The molecule has 5 heteroatoms. The van der Waals surface area contributed by atoms with Crippen molar-refractivity contribution in [3.8, 4) is 0 Å². The number of aromatic nitrogens is 1. The summed E-state index contributed by atoms with van der Waals surface area (Å²) in [5.74, 6) is 0.753. The van der Waals surface area contributed by atoms with Crippen LogP contribution in [-0.2, 0) is 10.2 Å². The number of carbonyl (C=O) groups is 1. The van der Waals surface area contributed by atoms with E-state index < -0.39 is 5.41 Å². The summed E-state index contributed by atoms with van der Waals surface area (Å²) >= 11 is 7.46. The molecule has 0 radical (unpaired) electrons. The molecule has 1 saturated carbocycles. The molecule has 0 aliphatic heterocycles. The highest BCUT2D eigenvalue weighted by atomic mass is 79.9. The van der Waals surface area contributed by atoms with Crippen LogP contribution in [0, 0.1) is 0 Å². The number of carbonyl (C=O) groups excluding carboxylic acids is 1. The minimum Gasteiger partial charge on any atom is -0.354 e. The molecule has 1 aromatic rings. The molecule has 1 aromatic heterocycles. The van der Waals surface area contributed by atoms with Crippen molar-refractivity contribution in [2.45, 2.75) is 24.7 Å². The van der Waals surface area contributed by atoms with Crippen molar-refractivity contribution >= 4 is 34.5 Å². The van der Waals surface area contributed by atoms with Crippen LogP contribution in [0.4, 0.5) is 0 Å². The molecule has 1 fully saturated rings. The number of pyridine rings is 1. The first-order valence-electron chi connectivity index (χ1n) is 5.70. The number of hydrogen-bond donors (Lipinski definition) is 2. The van der Waals surface area contributed by atoms with Gasteiger partial charge < -0.3 is 5.32 Å². The van der Waals surface area contributed by atoms with Gasteiger partial charge in [-0.3, -0.25) is 9.78 Å². The summed E-state index contributed by atoms with van der Waals surface area (Å²) in [6, 6.07) is 3.87. The third kappa shape index (κ3) is 2.50. The van der Waals surface area contributed by atoms with Gasteiger partial charge in [0.25, 0.3) is 0 Å². The maximum absolute atomic E-state index is 12.2. The molecule has 3 nitrogen and oxygen atoms in total. The number of halogens is 1. The average Bonchev–Trinajstić information content (AvgIpc) is 2.27. The Labute approximate surface area is 115 Å². The van der Waals surface area contributed by atoms with Gasteiger partial charge in [0.15, 0.2) is 0 Å². The van der Waals surface area contributed by atoms with Crippen LogP contribution >= 0.6 is 28.6 Å². The molecular formula is C12H15BrN2OS. The van der Waals surface area contributed by atoms with Crippen molar-refractivity contribution in [1.29, 1.82) is 0 Å². The van der Waals surface area contributed by atoms with Gasteiger partial charge in [-0.25, -0.2) is 0 Å². The third-order valence-electron chi connectivity index (χ3n) is 3.26. The molecule has 2 rings (SSSR count). The maximum Gasteiger partial charge on any atom is 0.232 e. The quantitative estimate of drug-likeness (QED) is 0.837. The van der Waals surface area contributed by atoms with Gasteiger partial charge in [-0.05, 0) is 40.9 Å². The predicted octanol–water partition coefficient (Wildman–Crippen LogP) is 2.31. The Morgan fingerprint density at radius 1 is 1.53 bits per heavy atom. The van der Waals surface area contributed by atoms with Crippen molar-refractivity contribution in [2.75, 3.05) is 12.3 Å². The second kappa shape index (κ2) is 5.40. The van der Waals surface area contributed by atoms with Gasteiger partial charge in [-0.2, -0.15) is 12.6 Å². The SMILES string of the molecule is O=C(NCCS)C1(c2ccc(Br)cn2)CCC1. The summed E-state index contributed by atoms with van der Waals surface area (Å²) in [6.07, 6.45) is 4.62. The normalized spacial score (nSPS) is 17.3. The first-order valence-corrected chi connectivity index (χ1v) is 7.13. The summed E-state index contributed by atoms with van der Waals surface area (Å²) in [7, 11) is 0. The van der Waals surface area contributed by atoms with Gasteiger partial charge in [-0.15, -0.1) is 0 Å². The van der Waals surface area contributed by atoms with Crippen LogP contribution in [0.15, 0.2) is 22.8 Å². The van der Waals surface area contributed by atoms with E-state index in [0.717, 1.165) is 29.4 Å². The predicted molar refractivity (Wildman–Crippen MR) is 74.3 cm³/mol. The standard InChI is InChI=1S/C12H15BrN2OS/c13-9-2-3-10(15-8-9)12(4-1-5-12)11(16)14-6-7-17/h2-3,8,17H,1,4-7H2,(H,14,16). The maximum atomic E-state index is 12.2. The lowest BCUT2D eigenvalue weighted by Crippen LogP contribution is -2.50. The van der Waals surface area contributed by atoms with Gasteiger partial charge in [-0.1, -0.05) is 6.42 Å². The fourth-order valence-corrected chi connectivity index (χ4v) is 2.47. The van der Waals surface area contributed by atoms with Gasteiger partial charge >= 0.3 is 0 Å². The largest absolute Gasteiger partial charge is 0.354 e. The van der Waals surface area contributed by atoms with Crippen LogP contribution in [-0.4, -0.2) is 23.2 Å². The number of hydrogen-bond acceptors (Lipinski definition) is 3. The lowest BCUT2D eigenvalue weighted by molar-refractivity contribution is -0.130. The summed E-state index contributed by atoms with van der Waals surface area (Å²) in [5.41, 5.74) is 0.479. The molecule has 0 atom stereocenters. The fourth-order valence-electron chi connectivity index (χ4n) is 2.13. The molecule has 1 aliphatic rings. The Kier molecular flexibility index (Phi) is 4.09. The second-order valence-corrected chi connectivity index (χ2v) is 5.64. The van der Waals surface area contributed by atoms with E-state index in [-0.39, 0.29) is 5.91 Å². The van der Waals surface area contributed by atoms with Crippen LogP contribution in [0.1, 0.15) is 25.0 Å². The zero-order chi connectivity index (χ0) is 12.3. The summed E-state index contributed by atoms with van der Waals surface area (Å²) in [4.78, 5) is 16.6. The van der Waals surface area contributed by atoms with E-state index in [1.54, 1.807) is 6.20 Å². The fraction of sp³-hybridized carbons (Fsp3) is 0.500. The zero-order valence-electron chi connectivity index (χ0n) is 9.45. The second-order valence-electron chi connectivity index (χ2n) is 4.28. The van der Waals surface area contributed by atoms with Crippen LogP contribution < -0.4 is 5.32 Å². The monoisotopic (exact) mass is 314 g/mol. The van der Waals surface area contributed by atoms with E-state index in [2.05, 4.69) is 38.9 Å². The molecule has 0 bridgehead atoms. The molecule has 0 aromatic carbocycles. The van der Waals surface area contributed by atoms with E-state index in [9.17, 15) is 4.79 Å². The van der Waals surface area contributed by atoms with Crippen LogP contribution in [0.3, 0.4) is 0 Å². The minimum absolute atomic E-state index is 0.0904. The highest BCUT2D eigenvalue weighted by molar-refractivity contribution is 9.10. The molecule has 1 N–H and O–H groups in total. The summed E-state index contributed by atoms with van der Waals surface area (Å²) in [5, 5.41) is 2.92. The number of nitrogens with zero attached hydrogens (tertiary/aromatic N) is 1. The highest BCUT2D eigenvalue weighted by Gasteiger charge is 2.46. The lowest BCUT2D eigenvalue weighted by atomic mass is 9.65. The molecule has 0 spiro atoms. The average molecular weight is 315 g/mol. The van der Waals surface area contributed by atoms with E-state index in [0.29, 0.717) is 12.3 Å². The van der Waals surface area contributed by atoms with Crippen LogP contribution in [0.2, 0.25) is 0 Å². The number of thiol groups is 1. The van der Waals surface area contributed by atoms with E-state index in [4.69, 9.17) is 0 Å². The van der Waals surface area contributed by atoms with E-state index >= 15 is 0 Å². The van der Waals surface area contributed by atoms with Gasteiger partial charge in [0.1, 0.15) is 0 Å². The lowest BCUT2D eigenvalue weighted by Gasteiger charge is -2.39. The topological polar surface area (TPSA) is 42.0 Å². The molecule has 92 valence electrons. The molecule has 1 aliphatic carbocycles.